The maximum absolute atomic E-state index is 12.0. The van der Waals surface area contributed by atoms with Crippen LogP contribution in [0.25, 0.3) is 27.8 Å². The fraction of sp³-hybridized carbons (Fsp3) is 0.375. The van der Waals surface area contributed by atoms with E-state index < -0.39 is 0 Å². The van der Waals surface area contributed by atoms with Crippen LogP contribution in [0.1, 0.15) is 19.3 Å². The Bertz CT molecular complexity index is 1330. The molecule has 35 heavy (non-hydrogen) atoms. The van der Waals surface area contributed by atoms with E-state index in [0.717, 1.165) is 41.5 Å². The van der Waals surface area contributed by atoms with E-state index in [1.54, 1.807) is 25.0 Å². The van der Waals surface area contributed by atoms with Gasteiger partial charge in [-0.15, -0.1) is 0 Å². The van der Waals surface area contributed by atoms with Crippen molar-refractivity contribution in [2.45, 2.75) is 31.8 Å². The van der Waals surface area contributed by atoms with E-state index in [-0.39, 0.29) is 17.9 Å². The number of benzene rings is 1. The van der Waals surface area contributed by atoms with E-state index in [0.29, 0.717) is 29.4 Å². The standard InChI is InChI=1S/C24H27BrN8O2/c1-26-23(34)16-3-6-18(11-16)29-24-27-13-20-21(25)31-33(22(20)30-24)19-7-4-15(5-8-19)17-12-28-32(14-17)9-10-35-2/h4-5,7-8,12-14,16,18H,3,6,9-11H2,1-2H3,(H,26,34)(H,27,29,30)/t16-,18-/m1/s1. The molecule has 3 heterocycles. The highest BCUT2D eigenvalue weighted by Gasteiger charge is 2.29. The first kappa shape index (κ1) is 23.4. The molecule has 1 fully saturated rings. The number of aromatic nitrogens is 6. The normalized spacial score (nSPS) is 17.7. The van der Waals surface area contributed by atoms with Crippen molar-refractivity contribution in [3.8, 4) is 16.8 Å². The molecule has 1 aliphatic carbocycles. The lowest BCUT2D eigenvalue weighted by Gasteiger charge is -2.13. The lowest BCUT2D eigenvalue weighted by Crippen LogP contribution is -2.27. The number of hydrogen-bond donors (Lipinski definition) is 2. The number of nitrogens with one attached hydrogen (secondary N) is 2. The average Bonchev–Trinajstić information content (AvgIpc) is 3.62. The summed E-state index contributed by atoms with van der Waals surface area (Å²) < 4.78 is 9.48. The second-order valence-corrected chi connectivity index (χ2v) is 9.38. The highest BCUT2D eigenvalue weighted by molar-refractivity contribution is 9.10. The van der Waals surface area contributed by atoms with Crippen LogP contribution in [-0.4, -0.2) is 62.2 Å². The Morgan fingerprint density at radius 1 is 1.20 bits per heavy atom. The third-order valence-corrected chi connectivity index (χ3v) is 6.95. The largest absolute Gasteiger partial charge is 0.383 e. The number of methoxy groups -OCH3 is 1. The van der Waals surface area contributed by atoms with Crippen LogP contribution < -0.4 is 10.6 Å². The van der Waals surface area contributed by atoms with Crippen LogP contribution in [0.3, 0.4) is 0 Å². The third-order valence-electron chi connectivity index (χ3n) is 6.37. The van der Waals surface area contributed by atoms with Crippen LogP contribution in [0.4, 0.5) is 5.95 Å². The van der Waals surface area contributed by atoms with E-state index in [1.165, 1.54) is 0 Å². The van der Waals surface area contributed by atoms with Gasteiger partial charge in [0.05, 0.1) is 30.4 Å². The lowest BCUT2D eigenvalue weighted by atomic mass is 10.1. The van der Waals surface area contributed by atoms with Crippen LogP contribution in [0.15, 0.2) is 47.5 Å². The molecule has 182 valence electrons. The van der Waals surface area contributed by atoms with E-state index in [1.807, 2.05) is 41.3 Å². The molecule has 4 aromatic rings. The van der Waals surface area contributed by atoms with Gasteiger partial charge in [-0.2, -0.15) is 15.2 Å². The van der Waals surface area contributed by atoms with Gasteiger partial charge in [-0.3, -0.25) is 9.48 Å². The van der Waals surface area contributed by atoms with Gasteiger partial charge in [-0.05, 0) is 52.9 Å². The molecule has 0 aliphatic heterocycles. The molecule has 0 radical (unpaired) electrons. The van der Waals surface area contributed by atoms with Crippen molar-refractivity contribution < 1.29 is 9.53 Å². The fourth-order valence-corrected chi connectivity index (χ4v) is 4.91. The predicted octanol–water partition coefficient (Wildman–Crippen LogP) is 3.41. The Kier molecular flexibility index (Phi) is 6.78. The molecule has 0 unspecified atom stereocenters. The minimum atomic E-state index is 0.0338. The predicted molar refractivity (Wildman–Crippen MR) is 136 cm³/mol. The van der Waals surface area contributed by atoms with Gasteiger partial charge >= 0.3 is 0 Å². The van der Waals surface area contributed by atoms with Crippen LogP contribution in [0.2, 0.25) is 0 Å². The number of halogens is 1. The van der Waals surface area contributed by atoms with Crippen molar-refractivity contribution in [2.75, 3.05) is 26.1 Å². The lowest BCUT2D eigenvalue weighted by molar-refractivity contribution is -0.124. The van der Waals surface area contributed by atoms with E-state index >= 15 is 0 Å². The van der Waals surface area contributed by atoms with Gasteiger partial charge < -0.3 is 15.4 Å². The van der Waals surface area contributed by atoms with E-state index in [2.05, 4.69) is 41.7 Å². The first-order valence-corrected chi connectivity index (χ1v) is 12.4. The molecular weight excluding hydrogens is 512 g/mol. The van der Waals surface area contributed by atoms with Crippen molar-refractivity contribution in [3.05, 3.63) is 47.5 Å². The third kappa shape index (κ3) is 4.92. The van der Waals surface area contributed by atoms with Gasteiger partial charge in [0.2, 0.25) is 11.9 Å². The number of hydrogen-bond acceptors (Lipinski definition) is 7. The molecule has 3 aromatic heterocycles. The maximum atomic E-state index is 12.0. The number of carbonyl (C=O) groups is 1. The van der Waals surface area contributed by atoms with Crippen LogP contribution in [0, 0.1) is 5.92 Å². The van der Waals surface area contributed by atoms with Gasteiger partial charge in [-0.25, -0.2) is 9.67 Å². The van der Waals surface area contributed by atoms with Gasteiger partial charge in [0, 0.05) is 44.1 Å². The molecule has 0 bridgehead atoms. The van der Waals surface area contributed by atoms with Crippen LogP contribution in [0.5, 0.6) is 0 Å². The molecule has 1 saturated carbocycles. The number of fused-ring (bicyclic) bond motifs is 1. The van der Waals surface area contributed by atoms with Crippen LogP contribution >= 0.6 is 15.9 Å². The molecule has 11 heteroatoms. The highest BCUT2D eigenvalue weighted by Crippen LogP contribution is 2.30. The fourth-order valence-electron chi connectivity index (χ4n) is 4.47. The summed E-state index contributed by atoms with van der Waals surface area (Å²) in [5.74, 6) is 0.666. The first-order valence-electron chi connectivity index (χ1n) is 11.6. The molecule has 0 saturated heterocycles. The zero-order chi connectivity index (χ0) is 24.4. The van der Waals surface area contributed by atoms with Crippen molar-refractivity contribution in [2.24, 2.45) is 5.92 Å². The molecule has 5 rings (SSSR count). The number of amides is 1. The van der Waals surface area contributed by atoms with Crippen molar-refractivity contribution >= 4 is 38.8 Å². The van der Waals surface area contributed by atoms with E-state index in [4.69, 9.17) is 9.72 Å². The summed E-state index contributed by atoms with van der Waals surface area (Å²) in [4.78, 5) is 21.2. The Hall–Kier alpha value is -3.31. The molecule has 1 aliphatic rings. The zero-order valence-corrected chi connectivity index (χ0v) is 21.2. The molecule has 0 spiro atoms. The summed E-state index contributed by atoms with van der Waals surface area (Å²) in [7, 11) is 3.36. The SMILES string of the molecule is CNC(=O)[C@@H]1CC[C@@H](Nc2ncc3c(Br)nn(-c4ccc(-c5cnn(CCOC)c5)cc4)c3n2)C1. The highest BCUT2D eigenvalue weighted by atomic mass is 79.9. The Labute approximate surface area is 211 Å². The number of rotatable bonds is 8. The summed E-state index contributed by atoms with van der Waals surface area (Å²) >= 11 is 3.54. The molecule has 1 amide bonds. The zero-order valence-electron chi connectivity index (χ0n) is 19.6. The van der Waals surface area contributed by atoms with Gasteiger partial charge in [-0.1, -0.05) is 12.1 Å². The molecule has 10 nitrogen and oxygen atoms in total. The van der Waals surface area contributed by atoms with Crippen LogP contribution in [-0.2, 0) is 16.1 Å². The Morgan fingerprint density at radius 2 is 2.03 bits per heavy atom. The second kappa shape index (κ2) is 10.1. The monoisotopic (exact) mass is 538 g/mol. The number of carbonyl (C=O) groups excluding carboxylic acids is 1. The minimum Gasteiger partial charge on any atom is -0.383 e. The first-order chi connectivity index (χ1) is 17.1. The van der Waals surface area contributed by atoms with Crippen molar-refractivity contribution in [3.63, 3.8) is 0 Å². The Balaban J connectivity index is 1.36. The average molecular weight is 539 g/mol. The summed E-state index contributed by atoms with van der Waals surface area (Å²) in [5.41, 5.74) is 3.70. The summed E-state index contributed by atoms with van der Waals surface area (Å²) in [6.45, 7) is 1.33. The second-order valence-electron chi connectivity index (χ2n) is 8.63. The van der Waals surface area contributed by atoms with Gasteiger partial charge in [0.1, 0.15) is 4.60 Å². The van der Waals surface area contributed by atoms with E-state index in [9.17, 15) is 4.79 Å². The van der Waals surface area contributed by atoms with Crippen molar-refractivity contribution in [1.29, 1.82) is 0 Å². The quantitative estimate of drug-likeness (QED) is 0.353. The van der Waals surface area contributed by atoms with Crippen molar-refractivity contribution in [1.82, 2.24) is 34.8 Å². The number of nitrogens with zero attached hydrogens (tertiary/aromatic N) is 6. The number of ether oxygens (including phenoxy) is 1. The van der Waals surface area contributed by atoms with Gasteiger partial charge in [0.15, 0.2) is 5.65 Å². The topological polar surface area (TPSA) is 112 Å². The van der Waals surface area contributed by atoms with Gasteiger partial charge in [0.25, 0.3) is 0 Å². The smallest absolute Gasteiger partial charge is 0.224 e. The summed E-state index contributed by atoms with van der Waals surface area (Å²) in [5, 5.41) is 16.0. The maximum Gasteiger partial charge on any atom is 0.224 e. The molecular formula is C24H27BrN8O2. The molecule has 2 atom stereocenters. The number of anilines is 1. The minimum absolute atomic E-state index is 0.0338. The molecule has 1 aromatic carbocycles. The molecule has 2 N–H and O–H groups in total. The summed E-state index contributed by atoms with van der Waals surface area (Å²) in [6, 6.07) is 8.29. The Morgan fingerprint density at radius 3 is 2.80 bits per heavy atom. The summed E-state index contributed by atoms with van der Waals surface area (Å²) in [6.07, 6.45) is 8.18.